The average Bonchev–Trinajstić information content (AvgIpc) is 3.07. The average molecular weight is 349 g/mol. The quantitative estimate of drug-likeness (QED) is 0.685. The highest BCUT2D eigenvalue weighted by Crippen LogP contribution is 2.27. The standard InChI is InChI=1S/C20H19N3O3/c1-13(24)15-8-10-17(11-9-15)21-19(25)12-18(16-6-4-3-5-7-16)20-23-22-14(2)26-20/h3-11,18H,12H2,1-2H3,(H,21,25). The van der Waals surface area contributed by atoms with Crippen molar-refractivity contribution in [3.63, 3.8) is 0 Å². The van der Waals surface area contributed by atoms with Crippen LogP contribution in [0.5, 0.6) is 0 Å². The zero-order valence-corrected chi connectivity index (χ0v) is 14.6. The molecule has 0 saturated carbocycles. The third-order valence-corrected chi connectivity index (χ3v) is 4.01. The molecule has 0 aliphatic carbocycles. The second-order valence-corrected chi connectivity index (χ2v) is 6.01. The van der Waals surface area contributed by atoms with Gasteiger partial charge < -0.3 is 9.73 Å². The minimum atomic E-state index is -0.325. The Kier molecular flexibility index (Phi) is 5.22. The van der Waals surface area contributed by atoms with Crippen LogP contribution in [0.1, 0.15) is 47.0 Å². The molecule has 0 bridgehead atoms. The molecule has 0 radical (unpaired) electrons. The summed E-state index contributed by atoms with van der Waals surface area (Å²) < 4.78 is 5.55. The SMILES string of the molecule is CC(=O)c1ccc(NC(=O)CC(c2ccccc2)c2nnc(C)o2)cc1. The molecule has 6 heteroatoms. The number of carbonyl (C=O) groups excluding carboxylic acids is 2. The number of hydrogen-bond acceptors (Lipinski definition) is 5. The molecule has 3 rings (SSSR count). The Morgan fingerprint density at radius 1 is 1.04 bits per heavy atom. The molecule has 6 nitrogen and oxygen atoms in total. The molecule has 0 aliphatic heterocycles. The molecule has 1 atom stereocenters. The zero-order chi connectivity index (χ0) is 18.5. The van der Waals surface area contributed by atoms with Crippen LogP contribution < -0.4 is 5.32 Å². The summed E-state index contributed by atoms with van der Waals surface area (Å²) in [5, 5.41) is 10.8. The topological polar surface area (TPSA) is 85.1 Å². The normalized spacial score (nSPS) is 11.8. The van der Waals surface area contributed by atoms with E-state index < -0.39 is 0 Å². The maximum Gasteiger partial charge on any atom is 0.225 e. The van der Waals surface area contributed by atoms with Crippen molar-refractivity contribution in [2.24, 2.45) is 0 Å². The van der Waals surface area contributed by atoms with Crippen molar-refractivity contribution in [2.45, 2.75) is 26.2 Å². The van der Waals surface area contributed by atoms with E-state index >= 15 is 0 Å². The number of carbonyl (C=O) groups is 2. The van der Waals surface area contributed by atoms with Gasteiger partial charge in [-0.15, -0.1) is 10.2 Å². The number of aromatic nitrogens is 2. The Balaban J connectivity index is 1.76. The number of aryl methyl sites for hydroxylation is 1. The predicted molar refractivity (Wildman–Crippen MR) is 97.0 cm³/mol. The number of nitrogens with zero attached hydrogens (tertiary/aromatic N) is 2. The summed E-state index contributed by atoms with van der Waals surface area (Å²) in [6, 6.07) is 16.4. The van der Waals surface area contributed by atoms with E-state index in [1.807, 2.05) is 30.3 Å². The van der Waals surface area contributed by atoms with Gasteiger partial charge in [0.1, 0.15) is 0 Å². The third kappa shape index (κ3) is 4.22. The van der Waals surface area contributed by atoms with Gasteiger partial charge in [0, 0.05) is 24.6 Å². The van der Waals surface area contributed by atoms with Gasteiger partial charge in [0.25, 0.3) is 0 Å². The molecule has 1 aromatic heterocycles. The second-order valence-electron chi connectivity index (χ2n) is 6.01. The first kappa shape index (κ1) is 17.5. The number of hydrogen-bond donors (Lipinski definition) is 1. The van der Waals surface area contributed by atoms with E-state index in [1.165, 1.54) is 6.92 Å². The van der Waals surface area contributed by atoms with Crippen molar-refractivity contribution in [2.75, 3.05) is 5.32 Å². The molecule has 26 heavy (non-hydrogen) atoms. The molecule has 3 aromatic rings. The van der Waals surface area contributed by atoms with Crippen molar-refractivity contribution in [3.05, 3.63) is 77.5 Å². The fourth-order valence-corrected chi connectivity index (χ4v) is 2.67. The molecular weight excluding hydrogens is 330 g/mol. The summed E-state index contributed by atoms with van der Waals surface area (Å²) in [5.74, 6) is 0.356. The first-order valence-corrected chi connectivity index (χ1v) is 8.28. The van der Waals surface area contributed by atoms with Crippen LogP contribution in [0.4, 0.5) is 5.69 Å². The number of ketones is 1. The zero-order valence-electron chi connectivity index (χ0n) is 14.6. The van der Waals surface area contributed by atoms with Crippen LogP contribution in [0.2, 0.25) is 0 Å². The molecule has 0 aliphatic rings. The number of benzene rings is 2. The van der Waals surface area contributed by atoms with Gasteiger partial charge in [-0.25, -0.2) is 0 Å². The Morgan fingerprint density at radius 2 is 1.73 bits per heavy atom. The van der Waals surface area contributed by atoms with Gasteiger partial charge in [-0.05, 0) is 36.8 Å². The molecule has 1 heterocycles. The Labute approximate surface area is 151 Å². The van der Waals surface area contributed by atoms with Crippen LogP contribution in [0, 0.1) is 6.92 Å². The predicted octanol–water partition coefficient (Wildman–Crippen LogP) is 3.74. The smallest absolute Gasteiger partial charge is 0.225 e. The second kappa shape index (κ2) is 7.74. The van der Waals surface area contributed by atoms with E-state index in [1.54, 1.807) is 31.2 Å². The lowest BCUT2D eigenvalue weighted by atomic mass is 9.95. The highest BCUT2D eigenvalue weighted by molar-refractivity contribution is 5.95. The number of Topliss-reactive ketones (excluding diaryl/α,β-unsaturated/α-hetero) is 1. The van der Waals surface area contributed by atoms with Crippen molar-refractivity contribution in [3.8, 4) is 0 Å². The molecular formula is C20H19N3O3. The van der Waals surface area contributed by atoms with Crippen molar-refractivity contribution >= 4 is 17.4 Å². The Hall–Kier alpha value is -3.28. The largest absolute Gasteiger partial charge is 0.425 e. The van der Waals surface area contributed by atoms with Gasteiger partial charge in [-0.2, -0.15) is 0 Å². The van der Waals surface area contributed by atoms with E-state index in [2.05, 4.69) is 15.5 Å². The molecule has 1 unspecified atom stereocenters. The van der Waals surface area contributed by atoms with Crippen LogP contribution in [-0.2, 0) is 4.79 Å². The summed E-state index contributed by atoms with van der Waals surface area (Å²) in [6.07, 6.45) is 0.167. The lowest BCUT2D eigenvalue weighted by Gasteiger charge is -2.13. The molecule has 0 saturated heterocycles. The minimum Gasteiger partial charge on any atom is -0.425 e. The first-order chi connectivity index (χ1) is 12.5. The van der Waals surface area contributed by atoms with Crippen LogP contribution in [0.25, 0.3) is 0 Å². The molecule has 1 amide bonds. The van der Waals surface area contributed by atoms with Crippen LogP contribution >= 0.6 is 0 Å². The maximum absolute atomic E-state index is 12.5. The number of rotatable bonds is 6. The summed E-state index contributed by atoms with van der Waals surface area (Å²) in [7, 11) is 0. The van der Waals surface area contributed by atoms with Gasteiger partial charge >= 0.3 is 0 Å². The maximum atomic E-state index is 12.5. The van der Waals surface area contributed by atoms with Gasteiger partial charge in [-0.3, -0.25) is 9.59 Å². The minimum absolute atomic E-state index is 0.0150. The Morgan fingerprint density at radius 3 is 2.31 bits per heavy atom. The molecule has 0 spiro atoms. The molecule has 0 fully saturated rings. The van der Waals surface area contributed by atoms with Crippen LogP contribution in [-0.4, -0.2) is 21.9 Å². The molecule has 1 N–H and O–H groups in total. The Bertz CT molecular complexity index is 902. The number of anilines is 1. The molecule has 2 aromatic carbocycles. The van der Waals surface area contributed by atoms with E-state index in [4.69, 9.17) is 4.42 Å². The van der Waals surface area contributed by atoms with Gasteiger partial charge in [0.15, 0.2) is 5.78 Å². The summed E-state index contributed by atoms with van der Waals surface area (Å²) in [5.41, 5.74) is 2.17. The van der Waals surface area contributed by atoms with Gasteiger partial charge in [-0.1, -0.05) is 30.3 Å². The van der Waals surface area contributed by atoms with E-state index in [9.17, 15) is 9.59 Å². The fraction of sp³-hybridized carbons (Fsp3) is 0.200. The highest BCUT2D eigenvalue weighted by atomic mass is 16.4. The lowest BCUT2D eigenvalue weighted by molar-refractivity contribution is -0.116. The summed E-state index contributed by atoms with van der Waals surface area (Å²) in [4.78, 5) is 23.9. The number of amides is 1. The monoisotopic (exact) mass is 349 g/mol. The fourth-order valence-electron chi connectivity index (χ4n) is 2.67. The van der Waals surface area contributed by atoms with Crippen molar-refractivity contribution in [1.29, 1.82) is 0 Å². The molecule has 132 valence electrons. The van der Waals surface area contributed by atoms with E-state index in [0.29, 0.717) is 23.0 Å². The van der Waals surface area contributed by atoms with E-state index in [0.717, 1.165) is 5.56 Å². The van der Waals surface area contributed by atoms with E-state index in [-0.39, 0.29) is 24.0 Å². The van der Waals surface area contributed by atoms with Crippen molar-refractivity contribution < 1.29 is 14.0 Å². The lowest BCUT2D eigenvalue weighted by Crippen LogP contribution is -2.16. The van der Waals surface area contributed by atoms with Crippen LogP contribution in [0.3, 0.4) is 0 Å². The third-order valence-electron chi connectivity index (χ3n) is 4.01. The highest BCUT2D eigenvalue weighted by Gasteiger charge is 2.23. The van der Waals surface area contributed by atoms with Crippen molar-refractivity contribution in [1.82, 2.24) is 10.2 Å². The van der Waals surface area contributed by atoms with Crippen LogP contribution in [0.15, 0.2) is 59.0 Å². The summed E-state index contributed by atoms with van der Waals surface area (Å²) in [6.45, 7) is 3.22. The van der Waals surface area contributed by atoms with Gasteiger partial charge in [0.05, 0.1) is 5.92 Å². The van der Waals surface area contributed by atoms with Gasteiger partial charge in [0.2, 0.25) is 17.7 Å². The number of nitrogens with one attached hydrogen (secondary N) is 1. The first-order valence-electron chi connectivity index (χ1n) is 8.28. The summed E-state index contributed by atoms with van der Waals surface area (Å²) >= 11 is 0.